The van der Waals surface area contributed by atoms with Crippen LogP contribution in [0.15, 0.2) is 29.2 Å². The van der Waals surface area contributed by atoms with E-state index in [0.29, 0.717) is 10.8 Å². The van der Waals surface area contributed by atoms with Crippen molar-refractivity contribution in [1.82, 2.24) is 5.32 Å². The summed E-state index contributed by atoms with van der Waals surface area (Å²) in [5.74, 6) is 0.0426. The monoisotopic (exact) mass is 285 g/mol. The summed E-state index contributed by atoms with van der Waals surface area (Å²) in [5.41, 5.74) is 0. The number of hydrogen-bond acceptors (Lipinski definition) is 3. The van der Waals surface area contributed by atoms with Gasteiger partial charge in [0.25, 0.3) is 0 Å². The Labute approximate surface area is 117 Å². The number of hydrogen-bond donors (Lipinski definition) is 2. The van der Waals surface area contributed by atoms with Crippen LogP contribution in [-0.2, 0) is 4.79 Å². The fourth-order valence-electron chi connectivity index (χ4n) is 1.72. The quantitative estimate of drug-likeness (QED) is 0.757. The maximum Gasteiger partial charge on any atom is 0.230 e. The van der Waals surface area contributed by atoms with Crippen molar-refractivity contribution >= 4 is 17.7 Å². The molecule has 0 spiro atoms. The molecule has 0 aliphatic rings. The molecule has 1 rings (SSSR count). The summed E-state index contributed by atoms with van der Waals surface area (Å²) in [6.45, 7) is 3.99. The van der Waals surface area contributed by atoms with E-state index >= 15 is 0 Å². The minimum absolute atomic E-state index is 0.0751. The highest BCUT2D eigenvalue weighted by molar-refractivity contribution is 8.00. The largest absolute Gasteiger partial charge is 0.394 e. The van der Waals surface area contributed by atoms with Crippen LogP contribution in [-0.4, -0.2) is 29.4 Å². The average Bonchev–Trinajstić information content (AvgIpc) is 2.36. The highest BCUT2D eigenvalue weighted by Crippen LogP contribution is 2.20. The van der Waals surface area contributed by atoms with Crippen molar-refractivity contribution in [2.75, 3.05) is 12.4 Å². The van der Waals surface area contributed by atoms with Crippen LogP contribution in [0.25, 0.3) is 0 Å². The number of thioether (sulfide) groups is 1. The molecule has 0 fully saturated rings. The van der Waals surface area contributed by atoms with E-state index in [2.05, 4.69) is 5.32 Å². The number of benzene rings is 1. The Bertz CT molecular complexity index is 412. The van der Waals surface area contributed by atoms with E-state index in [0.717, 1.165) is 18.2 Å². The first-order chi connectivity index (χ1) is 9.02. The molecule has 1 aromatic carbocycles. The van der Waals surface area contributed by atoms with Crippen LogP contribution < -0.4 is 5.32 Å². The normalized spacial score (nSPS) is 12.5. The van der Waals surface area contributed by atoms with E-state index in [1.54, 1.807) is 18.2 Å². The average molecular weight is 285 g/mol. The zero-order valence-electron chi connectivity index (χ0n) is 11.2. The first-order valence-corrected chi connectivity index (χ1v) is 7.29. The van der Waals surface area contributed by atoms with Gasteiger partial charge in [-0.2, -0.15) is 0 Å². The first-order valence-electron chi connectivity index (χ1n) is 6.30. The Hall–Kier alpha value is -1.07. The van der Waals surface area contributed by atoms with Crippen LogP contribution in [0.4, 0.5) is 4.39 Å². The van der Waals surface area contributed by atoms with Gasteiger partial charge in [0.15, 0.2) is 0 Å². The van der Waals surface area contributed by atoms with E-state index in [1.807, 2.05) is 13.8 Å². The zero-order valence-corrected chi connectivity index (χ0v) is 12.0. The van der Waals surface area contributed by atoms with E-state index in [9.17, 15) is 14.3 Å². The molecule has 3 nitrogen and oxygen atoms in total. The number of rotatable bonds is 7. The predicted octanol–water partition coefficient (Wildman–Crippen LogP) is 2.44. The molecule has 0 aliphatic heterocycles. The van der Waals surface area contributed by atoms with Crippen LogP contribution >= 0.6 is 11.8 Å². The zero-order chi connectivity index (χ0) is 14.3. The van der Waals surface area contributed by atoms with Crippen LogP contribution in [0, 0.1) is 11.7 Å². The lowest BCUT2D eigenvalue weighted by molar-refractivity contribution is -0.119. The lowest BCUT2D eigenvalue weighted by atomic mass is 10.0. The maximum atomic E-state index is 13.3. The highest BCUT2D eigenvalue weighted by Gasteiger charge is 2.13. The van der Waals surface area contributed by atoms with Crippen molar-refractivity contribution in [1.29, 1.82) is 0 Å². The molecule has 0 bridgehead atoms. The molecule has 0 heterocycles. The molecule has 106 valence electrons. The van der Waals surface area contributed by atoms with Crippen molar-refractivity contribution in [2.45, 2.75) is 31.2 Å². The lowest BCUT2D eigenvalue weighted by Crippen LogP contribution is -2.39. The summed E-state index contributed by atoms with van der Waals surface area (Å²) in [6.07, 6.45) is 0.729. The van der Waals surface area contributed by atoms with Gasteiger partial charge in [-0.3, -0.25) is 4.79 Å². The van der Waals surface area contributed by atoms with Gasteiger partial charge in [0.1, 0.15) is 5.82 Å². The molecule has 1 atom stereocenters. The van der Waals surface area contributed by atoms with Gasteiger partial charge in [0.2, 0.25) is 5.91 Å². The molecule has 0 aliphatic carbocycles. The summed E-state index contributed by atoms with van der Waals surface area (Å²) in [7, 11) is 0. The molecule has 0 radical (unpaired) electrons. The lowest BCUT2D eigenvalue weighted by Gasteiger charge is -2.18. The Morgan fingerprint density at radius 3 is 2.68 bits per heavy atom. The number of amides is 1. The Kier molecular flexibility index (Phi) is 6.87. The Morgan fingerprint density at radius 2 is 2.11 bits per heavy atom. The maximum absolute atomic E-state index is 13.3. The van der Waals surface area contributed by atoms with Gasteiger partial charge in [-0.15, -0.1) is 11.8 Å². The molecule has 0 saturated carbocycles. The molecule has 0 saturated heterocycles. The smallest absolute Gasteiger partial charge is 0.230 e. The first kappa shape index (κ1) is 16.0. The van der Waals surface area contributed by atoms with Gasteiger partial charge >= 0.3 is 0 Å². The minimum atomic E-state index is -0.318. The number of aliphatic hydroxyl groups excluding tert-OH is 1. The van der Waals surface area contributed by atoms with E-state index < -0.39 is 0 Å². The summed E-state index contributed by atoms with van der Waals surface area (Å²) in [6, 6.07) is 6.14. The molecule has 19 heavy (non-hydrogen) atoms. The standard InChI is InChI=1S/C14H20FNO2S/c1-10(2)7-11(8-17)16-14(18)9-19-13-6-4-3-5-12(13)15/h3-6,10-11,17H,7-9H2,1-2H3,(H,16,18). The number of nitrogens with one attached hydrogen (secondary N) is 1. The van der Waals surface area contributed by atoms with Crippen LogP contribution in [0.3, 0.4) is 0 Å². The van der Waals surface area contributed by atoms with Crippen molar-refractivity contribution in [3.8, 4) is 0 Å². The van der Waals surface area contributed by atoms with E-state index in [4.69, 9.17) is 0 Å². The third-order valence-electron chi connectivity index (χ3n) is 2.54. The molecular formula is C14H20FNO2S. The molecule has 1 aromatic rings. The number of carbonyl (C=O) groups excluding carboxylic acids is 1. The minimum Gasteiger partial charge on any atom is -0.394 e. The second-order valence-corrected chi connectivity index (χ2v) is 5.81. The van der Waals surface area contributed by atoms with Gasteiger partial charge in [-0.25, -0.2) is 4.39 Å². The van der Waals surface area contributed by atoms with Crippen LogP contribution in [0.2, 0.25) is 0 Å². The fraction of sp³-hybridized carbons (Fsp3) is 0.500. The van der Waals surface area contributed by atoms with Crippen LogP contribution in [0.1, 0.15) is 20.3 Å². The topological polar surface area (TPSA) is 49.3 Å². The number of halogens is 1. The molecule has 2 N–H and O–H groups in total. The second kappa shape index (κ2) is 8.17. The summed E-state index contributed by atoms with van der Waals surface area (Å²) in [4.78, 5) is 12.2. The Balaban J connectivity index is 2.41. The van der Waals surface area contributed by atoms with E-state index in [-0.39, 0.29) is 30.1 Å². The summed E-state index contributed by atoms with van der Waals surface area (Å²) < 4.78 is 13.3. The molecule has 5 heteroatoms. The second-order valence-electron chi connectivity index (χ2n) is 4.80. The van der Waals surface area contributed by atoms with Gasteiger partial charge in [0, 0.05) is 4.90 Å². The number of aliphatic hydroxyl groups is 1. The molecular weight excluding hydrogens is 265 g/mol. The molecule has 0 aromatic heterocycles. The SMILES string of the molecule is CC(C)CC(CO)NC(=O)CSc1ccccc1F. The van der Waals surface area contributed by atoms with Crippen molar-refractivity contribution < 1.29 is 14.3 Å². The van der Waals surface area contributed by atoms with Gasteiger partial charge in [0.05, 0.1) is 18.4 Å². The third-order valence-corrected chi connectivity index (χ3v) is 3.59. The molecule has 1 amide bonds. The van der Waals surface area contributed by atoms with Crippen molar-refractivity contribution in [3.05, 3.63) is 30.1 Å². The number of carbonyl (C=O) groups is 1. The molecule has 1 unspecified atom stereocenters. The fourth-order valence-corrected chi connectivity index (χ4v) is 2.47. The van der Waals surface area contributed by atoms with Crippen molar-refractivity contribution in [2.24, 2.45) is 5.92 Å². The van der Waals surface area contributed by atoms with Gasteiger partial charge in [-0.05, 0) is 24.5 Å². The van der Waals surface area contributed by atoms with Gasteiger partial charge < -0.3 is 10.4 Å². The predicted molar refractivity (Wildman–Crippen MR) is 75.6 cm³/mol. The van der Waals surface area contributed by atoms with Gasteiger partial charge in [-0.1, -0.05) is 26.0 Å². The third kappa shape index (κ3) is 6.07. The summed E-state index contributed by atoms with van der Waals surface area (Å²) in [5, 5.41) is 11.9. The highest BCUT2D eigenvalue weighted by atomic mass is 32.2. The van der Waals surface area contributed by atoms with Crippen LogP contribution in [0.5, 0.6) is 0 Å². The Morgan fingerprint density at radius 1 is 1.42 bits per heavy atom. The van der Waals surface area contributed by atoms with Crippen molar-refractivity contribution in [3.63, 3.8) is 0 Å². The van der Waals surface area contributed by atoms with E-state index in [1.165, 1.54) is 6.07 Å². The summed E-state index contributed by atoms with van der Waals surface area (Å²) >= 11 is 1.16.